The SMILES string of the molecule is CCCCn1cc(C(=O)O)c(=O)c2ccc(C)c(OC)c21. The fourth-order valence-corrected chi connectivity index (χ4v) is 2.48. The largest absolute Gasteiger partial charge is 0.494 e. The summed E-state index contributed by atoms with van der Waals surface area (Å²) in [6, 6.07) is 3.45. The number of unbranched alkanes of at least 4 members (excludes halogenated alkanes) is 1. The van der Waals surface area contributed by atoms with Crippen molar-refractivity contribution >= 4 is 16.9 Å². The summed E-state index contributed by atoms with van der Waals surface area (Å²) in [6.45, 7) is 4.61. The van der Waals surface area contributed by atoms with Gasteiger partial charge in [0.05, 0.1) is 18.0 Å². The van der Waals surface area contributed by atoms with Crippen LogP contribution in [0.4, 0.5) is 0 Å². The molecule has 0 spiro atoms. The molecule has 112 valence electrons. The van der Waals surface area contributed by atoms with Gasteiger partial charge in [0.25, 0.3) is 0 Å². The number of nitrogens with zero attached hydrogens (tertiary/aromatic N) is 1. The standard InChI is InChI=1S/C16H19NO4/c1-4-5-8-17-9-12(16(19)20)14(18)11-7-6-10(2)15(21-3)13(11)17/h6-7,9H,4-5,8H2,1-3H3,(H,19,20). The van der Waals surface area contributed by atoms with Crippen LogP contribution in [0.5, 0.6) is 5.75 Å². The zero-order chi connectivity index (χ0) is 15.6. The van der Waals surface area contributed by atoms with Crippen LogP contribution in [0.3, 0.4) is 0 Å². The van der Waals surface area contributed by atoms with Gasteiger partial charge in [0.15, 0.2) is 0 Å². The number of benzene rings is 1. The number of carbonyl (C=O) groups is 1. The third-order valence-corrected chi connectivity index (χ3v) is 3.58. The average Bonchev–Trinajstić information content (AvgIpc) is 2.46. The van der Waals surface area contributed by atoms with E-state index >= 15 is 0 Å². The minimum absolute atomic E-state index is 0.204. The van der Waals surface area contributed by atoms with Gasteiger partial charge in [-0.25, -0.2) is 4.79 Å². The number of pyridine rings is 1. The van der Waals surface area contributed by atoms with Crippen molar-refractivity contribution in [2.45, 2.75) is 33.2 Å². The molecule has 21 heavy (non-hydrogen) atoms. The molecule has 0 aliphatic carbocycles. The van der Waals surface area contributed by atoms with Crippen molar-refractivity contribution in [2.24, 2.45) is 0 Å². The highest BCUT2D eigenvalue weighted by Crippen LogP contribution is 2.28. The maximum atomic E-state index is 12.3. The Hall–Kier alpha value is -2.30. The molecule has 1 aromatic heterocycles. The van der Waals surface area contributed by atoms with Gasteiger partial charge in [-0.05, 0) is 25.0 Å². The summed E-state index contributed by atoms with van der Waals surface area (Å²) in [5.41, 5.74) is 0.909. The molecule has 0 fully saturated rings. The van der Waals surface area contributed by atoms with Crippen LogP contribution in [0.15, 0.2) is 23.1 Å². The molecular weight excluding hydrogens is 270 g/mol. The lowest BCUT2D eigenvalue weighted by Crippen LogP contribution is -2.19. The Kier molecular flexibility index (Phi) is 4.31. The van der Waals surface area contributed by atoms with Gasteiger partial charge < -0.3 is 14.4 Å². The Balaban J connectivity index is 2.88. The molecule has 0 saturated heterocycles. The zero-order valence-corrected chi connectivity index (χ0v) is 12.5. The first kappa shape index (κ1) is 15.1. The van der Waals surface area contributed by atoms with Crippen LogP contribution in [0, 0.1) is 6.92 Å². The topological polar surface area (TPSA) is 68.5 Å². The van der Waals surface area contributed by atoms with E-state index in [0.29, 0.717) is 23.2 Å². The van der Waals surface area contributed by atoms with E-state index < -0.39 is 11.4 Å². The summed E-state index contributed by atoms with van der Waals surface area (Å²) in [4.78, 5) is 23.6. The van der Waals surface area contributed by atoms with Gasteiger partial charge in [0, 0.05) is 12.7 Å². The predicted molar refractivity (Wildman–Crippen MR) is 81.4 cm³/mol. The maximum absolute atomic E-state index is 12.3. The second-order valence-electron chi connectivity index (χ2n) is 5.04. The van der Waals surface area contributed by atoms with E-state index in [1.54, 1.807) is 19.2 Å². The number of aromatic nitrogens is 1. The van der Waals surface area contributed by atoms with Crippen molar-refractivity contribution in [2.75, 3.05) is 7.11 Å². The highest BCUT2D eigenvalue weighted by molar-refractivity contribution is 5.94. The van der Waals surface area contributed by atoms with Crippen molar-refractivity contribution in [3.63, 3.8) is 0 Å². The second-order valence-corrected chi connectivity index (χ2v) is 5.04. The maximum Gasteiger partial charge on any atom is 0.341 e. The summed E-state index contributed by atoms with van der Waals surface area (Å²) in [5, 5.41) is 9.59. The van der Waals surface area contributed by atoms with Gasteiger partial charge in [-0.1, -0.05) is 19.4 Å². The fraction of sp³-hybridized carbons (Fsp3) is 0.375. The number of carboxylic acid groups (broad SMARTS) is 1. The lowest BCUT2D eigenvalue weighted by molar-refractivity contribution is 0.0695. The molecule has 0 amide bonds. The third-order valence-electron chi connectivity index (χ3n) is 3.58. The van der Waals surface area contributed by atoms with E-state index in [-0.39, 0.29) is 5.56 Å². The molecule has 0 aliphatic heterocycles. The first-order chi connectivity index (χ1) is 10.0. The van der Waals surface area contributed by atoms with Crippen LogP contribution >= 0.6 is 0 Å². The van der Waals surface area contributed by atoms with Crippen LogP contribution < -0.4 is 10.2 Å². The summed E-state index contributed by atoms with van der Waals surface area (Å²) >= 11 is 0. The number of rotatable bonds is 5. The highest BCUT2D eigenvalue weighted by Gasteiger charge is 2.18. The molecule has 1 N–H and O–H groups in total. The number of carboxylic acids is 1. The molecule has 2 rings (SSSR count). The number of fused-ring (bicyclic) bond motifs is 1. The van der Waals surface area contributed by atoms with Crippen LogP contribution in [0.1, 0.15) is 35.7 Å². The summed E-state index contributed by atoms with van der Waals surface area (Å²) in [6.07, 6.45) is 3.29. The number of hydrogen-bond donors (Lipinski definition) is 1. The van der Waals surface area contributed by atoms with E-state index in [4.69, 9.17) is 4.74 Å². The molecule has 2 aromatic rings. The fourth-order valence-electron chi connectivity index (χ4n) is 2.48. The van der Waals surface area contributed by atoms with Crippen LogP contribution in [0.25, 0.3) is 10.9 Å². The van der Waals surface area contributed by atoms with Gasteiger partial charge in [-0.2, -0.15) is 0 Å². The van der Waals surface area contributed by atoms with Crippen molar-refractivity contribution in [1.29, 1.82) is 0 Å². The zero-order valence-electron chi connectivity index (χ0n) is 12.5. The molecular formula is C16H19NO4. The van der Waals surface area contributed by atoms with Gasteiger partial charge >= 0.3 is 5.97 Å². The number of aromatic carboxylic acids is 1. The number of methoxy groups -OCH3 is 1. The third kappa shape index (κ3) is 2.63. The molecule has 0 bridgehead atoms. The van der Waals surface area contributed by atoms with Crippen LogP contribution in [-0.2, 0) is 6.54 Å². The number of ether oxygens (including phenoxy) is 1. The van der Waals surface area contributed by atoms with Crippen molar-refractivity contribution < 1.29 is 14.6 Å². The summed E-state index contributed by atoms with van der Waals surface area (Å²) < 4.78 is 7.24. The van der Waals surface area contributed by atoms with E-state index in [1.807, 2.05) is 11.5 Å². The van der Waals surface area contributed by atoms with Gasteiger partial charge in [0.1, 0.15) is 11.3 Å². The molecule has 0 aliphatic rings. The van der Waals surface area contributed by atoms with Crippen LogP contribution in [-0.4, -0.2) is 22.8 Å². The highest BCUT2D eigenvalue weighted by atomic mass is 16.5. The minimum Gasteiger partial charge on any atom is -0.494 e. The lowest BCUT2D eigenvalue weighted by atomic mass is 10.1. The number of aryl methyl sites for hydroxylation is 2. The Morgan fingerprint density at radius 1 is 1.38 bits per heavy atom. The molecule has 1 heterocycles. The smallest absolute Gasteiger partial charge is 0.341 e. The molecule has 0 unspecified atom stereocenters. The van der Waals surface area contributed by atoms with Crippen LogP contribution in [0.2, 0.25) is 0 Å². The summed E-state index contributed by atoms with van der Waals surface area (Å²) in [5.74, 6) is -0.579. The van der Waals surface area contributed by atoms with Gasteiger partial charge in [-0.15, -0.1) is 0 Å². The molecule has 0 saturated carbocycles. The number of hydrogen-bond acceptors (Lipinski definition) is 3. The average molecular weight is 289 g/mol. The summed E-state index contributed by atoms with van der Waals surface area (Å²) in [7, 11) is 1.56. The Morgan fingerprint density at radius 3 is 2.67 bits per heavy atom. The quantitative estimate of drug-likeness (QED) is 0.919. The van der Waals surface area contributed by atoms with Gasteiger partial charge in [0.2, 0.25) is 5.43 Å². The van der Waals surface area contributed by atoms with E-state index in [1.165, 1.54) is 6.20 Å². The van der Waals surface area contributed by atoms with Crippen molar-refractivity contribution in [3.8, 4) is 5.75 Å². The lowest BCUT2D eigenvalue weighted by Gasteiger charge is -2.16. The van der Waals surface area contributed by atoms with E-state index in [9.17, 15) is 14.7 Å². The Bertz CT molecular complexity index is 746. The predicted octanol–water partition coefficient (Wildman–Crippen LogP) is 2.82. The molecule has 0 radical (unpaired) electrons. The normalized spacial score (nSPS) is 10.8. The van der Waals surface area contributed by atoms with E-state index in [0.717, 1.165) is 18.4 Å². The van der Waals surface area contributed by atoms with Crippen molar-refractivity contribution in [1.82, 2.24) is 4.57 Å². The molecule has 5 heteroatoms. The molecule has 5 nitrogen and oxygen atoms in total. The van der Waals surface area contributed by atoms with Crippen molar-refractivity contribution in [3.05, 3.63) is 39.7 Å². The Labute approximate surface area is 122 Å². The van der Waals surface area contributed by atoms with Gasteiger partial charge in [-0.3, -0.25) is 4.79 Å². The monoisotopic (exact) mass is 289 g/mol. The Morgan fingerprint density at radius 2 is 2.10 bits per heavy atom. The molecule has 1 aromatic carbocycles. The first-order valence-electron chi connectivity index (χ1n) is 6.95. The minimum atomic E-state index is -1.20. The molecule has 0 atom stereocenters. The first-order valence-corrected chi connectivity index (χ1v) is 6.95. The van der Waals surface area contributed by atoms with E-state index in [2.05, 4.69) is 6.92 Å². The second kappa shape index (κ2) is 5.99.